The number of hydrogen-bond acceptors (Lipinski definition) is 7. The average Bonchev–Trinajstić information content (AvgIpc) is 3.87. The summed E-state index contributed by atoms with van der Waals surface area (Å²) in [6, 6.07) is 19.8. The average molecular weight is 696 g/mol. The second-order valence-electron chi connectivity index (χ2n) is 13.4. The van der Waals surface area contributed by atoms with Crippen LogP contribution in [0.5, 0.6) is 5.75 Å². The minimum atomic E-state index is -3.07. The highest BCUT2D eigenvalue weighted by molar-refractivity contribution is 5.92. The molecule has 3 heterocycles. The SMILES string of the molecule is Cc1c(-c2ccc(CN3CCCC3)c(C(=O)O)c2)cccc1-c1cccc(-c2nc3cc(CN4CCC[C@H]4C(=O)O)c(OC(F)F)cc3o2)c1C. The van der Waals surface area contributed by atoms with E-state index < -0.39 is 24.6 Å². The molecule has 7 rings (SSSR count). The van der Waals surface area contributed by atoms with E-state index in [1.165, 1.54) is 6.07 Å². The van der Waals surface area contributed by atoms with E-state index in [1.807, 2.05) is 62.4 Å². The Morgan fingerprint density at radius 1 is 0.863 bits per heavy atom. The van der Waals surface area contributed by atoms with Crippen LogP contribution in [0.1, 0.15) is 58.3 Å². The van der Waals surface area contributed by atoms with Crippen LogP contribution in [0.3, 0.4) is 0 Å². The molecule has 0 radical (unpaired) electrons. The summed E-state index contributed by atoms with van der Waals surface area (Å²) in [5.74, 6) is -1.66. The van der Waals surface area contributed by atoms with Crippen LogP contribution in [0.2, 0.25) is 0 Å². The summed E-state index contributed by atoms with van der Waals surface area (Å²) >= 11 is 0. The van der Waals surface area contributed by atoms with Crippen molar-refractivity contribution in [2.24, 2.45) is 0 Å². The fourth-order valence-electron chi connectivity index (χ4n) is 7.62. The third kappa shape index (κ3) is 6.96. The first kappa shape index (κ1) is 34.3. The second kappa shape index (κ2) is 14.2. The normalized spacial score (nSPS) is 16.8. The highest BCUT2D eigenvalue weighted by Gasteiger charge is 2.31. The van der Waals surface area contributed by atoms with E-state index in [0.717, 1.165) is 70.4 Å². The summed E-state index contributed by atoms with van der Waals surface area (Å²) in [4.78, 5) is 32.9. The molecule has 4 aromatic carbocycles. The standard InChI is InChI=1S/C40H39F2N3O6/c1-23-28(25-13-14-26(32(18-25)38(46)47)21-44-15-3-4-16-44)8-5-9-29(23)30-10-6-11-31(24(30)2)37-43-33-19-27(22-45-17-7-12-34(45)39(48)49)35(51-40(41)42)20-36(33)50-37/h5-6,8-11,13-14,18-20,34,40H,3-4,7,12,15-17,21-22H2,1-2H3,(H,46,47)(H,48,49)/t34-/m0/s1. The Morgan fingerprint density at radius 2 is 1.55 bits per heavy atom. The van der Waals surface area contributed by atoms with Crippen LogP contribution in [0.15, 0.2) is 71.1 Å². The van der Waals surface area contributed by atoms with Crippen molar-refractivity contribution in [3.63, 3.8) is 0 Å². The number of hydrogen-bond donors (Lipinski definition) is 2. The van der Waals surface area contributed by atoms with Gasteiger partial charge in [0.15, 0.2) is 5.58 Å². The van der Waals surface area contributed by atoms with E-state index in [9.17, 15) is 28.6 Å². The molecule has 2 aliphatic rings. The molecule has 11 heteroatoms. The molecule has 0 unspecified atom stereocenters. The van der Waals surface area contributed by atoms with Crippen molar-refractivity contribution >= 4 is 23.0 Å². The third-order valence-electron chi connectivity index (χ3n) is 10.2. The third-order valence-corrected chi connectivity index (χ3v) is 10.2. The van der Waals surface area contributed by atoms with Gasteiger partial charge in [0.2, 0.25) is 5.89 Å². The maximum atomic E-state index is 13.5. The Bertz CT molecular complexity index is 2120. The number of alkyl halides is 2. The maximum absolute atomic E-state index is 13.5. The van der Waals surface area contributed by atoms with E-state index >= 15 is 0 Å². The number of nitrogens with zero attached hydrogens (tertiary/aromatic N) is 3. The zero-order valence-electron chi connectivity index (χ0n) is 28.5. The Kier molecular flexibility index (Phi) is 9.58. The molecule has 0 saturated carbocycles. The summed E-state index contributed by atoms with van der Waals surface area (Å²) in [6.07, 6.45) is 3.45. The van der Waals surface area contributed by atoms with Gasteiger partial charge in [-0.1, -0.05) is 42.5 Å². The first-order chi connectivity index (χ1) is 24.6. The summed E-state index contributed by atoms with van der Waals surface area (Å²) in [5, 5.41) is 19.7. The molecule has 2 N–H and O–H groups in total. The van der Waals surface area contributed by atoms with Crippen LogP contribution in [0.25, 0.3) is 44.8 Å². The number of oxazole rings is 1. The van der Waals surface area contributed by atoms with Crippen LogP contribution >= 0.6 is 0 Å². The largest absolute Gasteiger partial charge is 0.480 e. The molecule has 1 aromatic heterocycles. The number of rotatable bonds is 11. The van der Waals surface area contributed by atoms with Crippen LogP contribution < -0.4 is 4.74 Å². The molecule has 2 aliphatic heterocycles. The van der Waals surface area contributed by atoms with Crippen LogP contribution in [0.4, 0.5) is 8.78 Å². The quantitative estimate of drug-likeness (QED) is 0.141. The summed E-state index contributed by atoms with van der Waals surface area (Å²) < 4.78 is 37.9. The minimum Gasteiger partial charge on any atom is -0.480 e. The molecule has 5 aromatic rings. The van der Waals surface area contributed by atoms with Gasteiger partial charge in [-0.15, -0.1) is 0 Å². The van der Waals surface area contributed by atoms with Crippen molar-refractivity contribution in [1.82, 2.24) is 14.8 Å². The van der Waals surface area contributed by atoms with Crippen molar-refractivity contribution in [2.45, 2.75) is 65.3 Å². The zero-order valence-corrected chi connectivity index (χ0v) is 28.5. The van der Waals surface area contributed by atoms with Gasteiger partial charge >= 0.3 is 18.6 Å². The molecule has 51 heavy (non-hydrogen) atoms. The van der Waals surface area contributed by atoms with Gasteiger partial charge in [-0.25, -0.2) is 9.78 Å². The lowest BCUT2D eigenvalue weighted by Gasteiger charge is -2.22. The van der Waals surface area contributed by atoms with E-state index in [1.54, 1.807) is 17.0 Å². The topological polar surface area (TPSA) is 116 Å². The van der Waals surface area contributed by atoms with Crippen LogP contribution in [-0.4, -0.2) is 69.2 Å². The minimum absolute atomic E-state index is 0.0794. The number of fused-ring (bicyclic) bond motifs is 1. The van der Waals surface area contributed by atoms with Crippen molar-refractivity contribution in [3.8, 4) is 39.5 Å². The molecule has 1 atom stereocenters. The summed E-state index contributed by atoms with van der Waals surface area (Å²) in [7, 11) is 0. The van der Waals surface area contributed by atoms with Gasteiger partial charge in [0.25, 0.3) is 0 Å². The van der Waals surface area contributed by atoms with Gasteiger partial charge in [0.1, 0.15) is 17.3 Å². The predicted molar refractivity (Wildman–Crippen MR) is 189 cm³/mol. The molecule has 9 nitrogen and oxygen atoms in total. The number of carboxylic acid groups (broad SMARTS) is 2. The molecule has 2 saturated heterocycles. The fraction of sp³-hybridized carbons (Fsp3) is 0.325. The van der Waals surface area contributed by atoms with Gasteiger partial charge in [-0.2, -0.15) is 8.78 Å². The fourth-order valence-corrected chi connectivity index (χ4v) is 7.62. The van der Waals surface area contributed by atoms with Gasteiger partial charge in [0.05, 0.1) is 5.56 Å². The number of benzene rings is 4. The van der Waals surface area contributed by atoms with Crippen molar-refractivity contribution in [3.05, 3.63) is 94.5 Å². The van der Waals surface area contributed by atoms with Crippen LogP contribution in [-0.2, 0) is 17.9 Å². The van der Waals surface area contributed by atoms with Gasteiger partial charge in [-0.05, 0) is 116 Å². The lowest BCUT2D eigenvalue weighted by molar-refractivity contribution is -0.142. The molecular formula is C40H39F2N3O6. The van der Waals surface area contributed by atoms with E-state index in [-0.39, 0.29) is 17.9 Å². The molecule has 0 aliphatic carbocycles. The molecule has 0 bridgehead atoms. The Morgan fingerprint density at radius 3 is 2.24 bits per heavy atom. The number of ether oxygens (including phenoxy) is 1. The molecule has 0 amide bonds. The van der Waals surface area contributed by atoms with E-state index in [0.29, 0.717) is 48.5 Å². The number of aromatic carboxylic acids is 1. The number of halogens is 2. The zero-order chi connectivity index (χ0) is 35.8. The monoisotopic (exact) mass is 695 g/mol. The molecule has 2 fully saturated rings. The molecular weight excluding hydrogens is 656 g/mol. The van der Waals surface area contributed by atoms with Gasteiger partial charge < -0.3 is 19.4 Å². The summed E-state index contributed by atoms with van der Waals surface area (Å²) in [6.45, 7) is 4.15. The summed E-state index contributed by atoms with van der Waals surface area (Å²) in [5.41, 5.74) is 8.49. The first-order valence-corrected chi connectivity index (χ1v) is 17.2. The first-order valence-electron chi connectivity index (χ1n) is 17.2. The van der Waals surface area contributed by atoms with Gasteiger partial charge in [-0.3, -0.25) is 14.6 Å². The van der Waals surface area contributed by atoms with Crippen molar-refractivity contribution in [1.29, 1.82) is 0 Å². The number of carbonyl (C=O) groups is 2. The van der Waals surface area contributed by atoms with Crippen molar-refractivity contribution < 1.29 is 37.7 Å². The lowest BCUT2D eigenvalue weighted by atomic mass is 9.88. The predicted octanol–water partition coefficient (Wildman–Crippen LogP) is 8.39. The Balaban J connectivity index is 1.23. The van der Waals surface area contributed by atoms with Crippen molar-refractivity contribution in [2.75, 3.05) is 19.6 Å². The number of aromatic nitrogens is 1. The number of carboxylic acids is 2. The smallest absolute Gasteiger partial charge is 0.387 e. The molecule has 264 valence electrons. The highest BCUT2D eigenvalue weighted by Crippen LogP contribution is 2.39. The highest BCUT2D eigenvalue weighted by atomic mass is 19.3. The second-order valence-corrected chi connectivity index (χ2v) is 13.4. The number of likely N-dealkylation sites (tertiary alicyclic amines) is 2. The Labute approximate surface area is 294 Å². The molecule has 0 spiro atoms. The van der Waals surface area contributed by atoms with Crippen LogP contribution in [0, 0.1) is 13.8 Å². The number of aliphatic carboxylic acids is 1. The lowest BCUT2D eigenvalue weighted by Crippen LogP contribution is -2.35. The maximum Gasteiger partial charge on any atom is 0.387 e. The van der Waals surface area contributed by atoms with E-state index in [2.05, 4.69) is 4.90 Å². The van der Waals surface area contributed by atoms with Gasteiger partial charge in [0, 0.05) is 30.3 Å². The van der Waals surface area contributed by atoms with E-state index in [4.69, 9.17) is 14.1 Å². The Hall–Kier alpha value is -5.13.